The van der Waals surface area contributed by atoms with E-state index < -0.39 is 0 Å². The van der Waals surface area contributed by atoms with E-state index >= 15 is 0 Å². The summed E-state index contributed by atoms with van der Waals surface area (Å²) in [7, 11) is 0. The highest BCUT2D eigenvalue weighted by molar-refractivity contribution is 5.66. The number of nitrogens with two attached hydrogens (primary N) is 1. The fourth-order valence-electron chi connectivity index (χ4n) is 2.11. The van der Waals surface area contributed by atoms with Gasteiger partial charge in [0.05, 0.1) is 11.4 Å². The van der Waals surface area contributed by atoms with E-state index in [4.69, 9.17) is 5.73 Å². The van der Waals surface area contributed by atoms with Crippen molar-refractivity contribution in [1.82, 2.24) is 0 Å². The average Bonchev–Trinajstić information content (AvgIpc) is 2.38. The van der Waals surface area contributed by atoms with Crippen molar-refractivity contribution < 1.29 is 4.39 Å². The quantitative estimate of drug-likeness (QED) is 0.818. The summed E-state index contributed by atoms with van der Waals surface area (Å²) in [4.78, 5) is 0. The van der Waals surface area contributed by atoms with Gasteiger partial charge in [-0.3, -0.25) is 0 Å². The second-order valence-electron chi connectivity index (χ2n) is 4.85. The van der Waals surface area contributed by atoms with Crippen LogP contribution in [0.15, 0.2) is 30.3 Å². The molecular weight excluding hydrogens is 239 g/mol. The van der Waals surface area contributed by atoms with Gasteiger partial charge in [-0.1, -0.05) is 18.2 Å². The van der Waals surface area contributed by atoms with E-state index in [0.717, 1.165) is 5.56 Å². The Balaban J connectivity index is 2.22. The minimum atomic E-state index is -0.318. The van der Waals surface area contributed by atoms with Crippen LogP contribution in [0.1, 0.15) is 22.3 Å². The fourth-order valence-corrected chi connectivity index (χ4v) is 2.11. The zero-order chi connectivity index (χ0) is 14.0. The Hall–Kier alpha value is -2.03. The van der Waals surface area contributed by atoms with Crippen molar-refractivity contribution in [3.8, 4) is 0 Å². The Labute approximate surface area is 113 Å². The molecule has 0 radical (unpaired) electrons. The molecule has 2 aromatic rings. The number of benzene rings is 2. The minimum Gasteiger partial charge on any atom is -0.397 e. The Morgan fingerprint density at radius 2 is 1.79 bits per heavy atom. The number of nitrogens with one attached hydrogen (secondary N) is 1. The first-order valence-electron chi connectivity index (χ1n) is 6.34. The standard InChI is InChI=1S/C16H19FN2/c1-10-7-8-13(12(3)11(10)2)9-19-16-14(17)5-4-6-15(16)18/h4-8,19H,9,18H2,1-3H3. The molecule has 2 rings (SSSR count). The van der Waals surface area contributed by atoms with E-state index in [-0.39, 0.29) is 5.82 Å². The number of halogens is 1. The van der Waals surface area contributed by atoms with Crippen molar-refractivity contribution in [2.24, 2.45) is 0 Å². The molecule has 0 saturated carbocycles. The monoisotopic (exact) mass is 258 g/mol. The largest absolute Gasteiger partial charge is 0.397 e. The molecule has 3 heteroatoms. The minimum absolute atomic E-state index is 0.318. The smallest absolute Gasteiger partial charge is 0.148 e. The van der Waals surface area contributed by atoms with Crippen LogP contribution in [0.3, 0.4) is 0 Å². The van der Waals surface area contributed by atoms with Gasteiger partial charge in [0.2, 0.25) is 0 Å². The van der Waals surface area contributed by atoms with E-state index in [1.54, 1.807) is 12.1 Å². The molecule has 0 saturated heterocycles. The molecule has 0 atom stereocenters. The molecule has 100 valence electrons. The van der Waals surface area contributed by atoms with Crippen molar-refractivity contribution in [2.45, 2.75) is 27.3 Å². The molecule has 0 unspecified atom stereocenters. The van der Waals surface area contributed by atoms with Crippen molar-refractivity contribution >= 4 is 11.4 Å². The van der Waals surface area contributed by atoms with Gasteiger partial charge < -0.3 is 11.1 Å². The molecular formula is C16H19FN2. The van der Waals surface area contributed by atoms with E-state index in [2.05, 4.69) is 38.2 Å². The Morgan fingerprint density at radius 1 is 1.05 bits per heavy atom. The van der Waals surface area contributed by atoms with Crippen molar-refractivity contribution in [3.05, 3.63) is 58.4 Å². The molecule has 3 N–H and O–H groups in total. The number of hydrogen-bond donors (Lipinski definition) is 2. The van der Waals surface area contributed by atoms with Crippen LogP contribution < -0.4 is 11.1 Å². The van der Waals surface area contributed by atoms with Crippen LogP contribution in [0.4, 0.5) is 15.8 Å². The summed E-state index contributed by atoms with van der Waals surface area (Å²) in [6.45, 7) is 6.85. The van der Waals surface area contributed by atoms with Crippen LogP contribution in [0.2, 0.25) is 0 Å². The fraction of sp³-hybridized carbons (Fsp3) is 0.250. The molecule has 0 aromatic heterocycles. The van der Waals surface area contributed by atoms with Crippen LogP contribution in [0.25, 0.3) is 0 Å². The van der Waals surface area contributed by atoms with Crippen molar-refractivity contribution in [3.63, 3.8) is 0 Å². The first-order valence-corrected chi connectivity index (χ1v) is 6.34. The molecule has 2 aromatic carbocycles. The molecule has 2 nitrogen and oxygen atoms in total. The van der Waals surface area contributed by atoms with Gasteiger partial charge in [0, 0.05) is 6.54 Å². The Morgan fingerprint density at radius 3 is 2.47 bits per heavy atom. The van der Waals surface area contributed by atoms with Crippen molar-refractivity contribution in [1.29, 1.82) is 0 Å². The molecule has 19 heavy (non-hydrogen) atoms. The number of hydrogen-bond acceptors (Lipinski definition) is 2. The van der Waals surface area contributed by atoms with E-state index in [1.807, 2.05) is 0 Å². The maximum atomic E-state index is 13.7. The lowest BCUT2D eigenvalue weighted by molar-refractivity contribution is 0.630. The predicted molar refractivity (Wildman–Crippen MR) is 78.8 cm³/mol. The highest BCUT2D eigenvalue weighted by atomic mass is 19.1. The number of para-hydroxylation sites is 1. The van der Waals surface area contributed by atoms with Crippen LogP contribution in [-0.2, 0) is 6.54 Å². The van der Waals surface area contributed by atoms with Crippen LogP contribution >= 0.6 is 0 Å². The van der Waals surface area contributed by atoms with Gasteiger partial charge in [-0.2, -0.15) is 0 Å². The zero-order valence-corrected chi connectivity index (χ0v) is 11.5. The lowest BCUT2D eigenvalue weighted by atomic mass is 9.99. The van der Waals surface area contributed by atoms with Gasteiger partial charge in [0.25, 0.3) is 0 Å². The molecule has 0 aliphatic heterocycles. The third-order valence-electron chi connectivity index (χ3n) is 3.67. The third-order valence-corrected chi connectivity index (χ3v) is 3.67. The Kier molecular flexibility index (Phi) is 3.74. The maximum Gasteiger partial charge on any atom is 0.148 e. The number of anilines is 2. The first kappa shape index (κ1) is 13.4. The summed E-state index contributed by atoms with van der Waals surface area (Å²) in [6, 6.07) is 8.87. The second-order valence-corrected chi connectivity index (χ2v) is 4.85. The van der Waals surface area contributed by atoms with E-state index in [9.17, 15) is 4.39 Å². The summed E-state index contributed by atoms with van der Waals surface area (Å²) in [5.41, 5.74) is 11.5. The molecule has 0 fully saturated rings. The first-order chi connectivity index (χ1) is 9.00. The van der Waals surface area contributed by atoms with Crippen LogP contribution in [-0.4, -0.2) is 0 Å². The summed E-state index contributed by atoms with van der Waals surface area (Å²) in [5, 5.41) is 3.09. The average molecular weight is 258 g/mol. The molecule has 0 aliphatic carbocycles. The van der Waals surface area contributed by atoms with E-state index in [0.29, 0.717) is 17.9 Å². The van der Waals surface area contributed by atoms with Crippen LogP contribution in [0, 0.1) is 26.6 Å². The predicted octanol–water partition coefficient (Wildman–Crippen LogP) is 3.95. The SMILES string of the molecule is Cc1ccc(CNc2c(N)cccc2F)c(C)c1C. The molecule has 0 bridgehead atoms. The van der Waals surface area contributed by atoms with Gasteiger partial charge >= 0.3 is 0 Å². The van der Waals surface area contributed by atoms with Gasteiger partial charge in [-0.15, -0.1) is 0 Å². The van der Waals surface area contributed by atoms with Gasteiger partial charge in [0.1, 0.15) is 5.82 Å². The number of rotatable bonds is 3. The zero-order valence-electron chi connectivity index (χ0n) is 11.5. The van der Waals surface area contributed by atoms with Gasteiger partial charge in [-0.25, -0.2) is 4.39 Å². The van der Waals surface area contributed by atoms with E-state index in [1.165, 1.54) is 22.8 Å². The third kappa shape index (κ3) is 2.70. The summed E-state index contributed by atoms with van der Waals surface area (Å²) in [5.74, 6) is -0.318. The van der Waals surface area contributed by atoms with Crippen LogP contribution in [0.5, 0.6) is 0 Å². The van der Waals surface area contributed by atoms with Gasteiger partial charge in [-0.05, 0) is 55.2 Å². The molecule has 0 aliphatic rings. The summed E-state index contributed by atoms with van der Waals surface area (Å²) in [6.07, 6.45) is 0. The normalized spacial score (nSPS) is 10.5. The molecule has 0 spiro atoms. The van der Waals surface area contributed by atoms with Gasteiger partial charge in [0.15, 0.2) is 0 Å². The van der Waals surface area contributed by atoms with Crippen molar-refractivity contribution in [2.75, 3.05) is 11.1 Å². The summed E-state index contributed by atoms with van der Waals surface area (Å²) >= 11 is 0. The highest BCUT2D eigenvalue weighted by Crippen LogP contribution is 2.24. The topological polar surface area (TPSA) is 38.0 Å². The number of aryl methyl sites for hydroxylation is 1. The summed E-state index contributed by atoms with van der Waals surface area (Å²) < 4.78 is 13.7. The molecule has 0 amide bonds. The second kappa shape index (κ2) is 5.31. The number of nitrogen functional groups attached to an aromatic ring is 1. The maximum absolute atomic E-state index is 13.7. The highest BCUT2D eigenvalue weighted by Gasteiger charge is 2.07. The lowest BCUT2D eigenvalue weighted by Crippen LogP contribution is -2.06. The molecule has 0 heterocycles. The Bertz CT molecular complexity index is 586. The lowest BCUT2D eigenvalue weighted by Gasteiger charge is -2.14.